The Hall–Kier alpha value is -5.17. The second-order valence-corrected chi connectivity index (χ2v) is 15.5. The molecule has 7 rings (SSSR count). The molecule has 0 aliphatic carbocycles. The van der Waals surface area contributed by atoms with Crippen molar-refractivity contribution in [3.05, 3.63) is 159 Å². The van der Waals surface area contributed by atoms with E-state index in [1.165, 1.54) is 5.39 Å². The molecule has 7 nitrogen and oxygen atoms in total. The highest BCUT2D eigenvalue weighted by atomic mass is 16.3. The summed E-state index contributed by atoms with van der Waals surface area (Å²) in [5, 5.41) is 1.20. The van der Waals surface area contributed by atoms with Crippen LogP contribution in [0.2, 0.25) is 0 Å². The minimum Gasteiger partial charge on any atom is -0.473 e. The highest BCUT2D eigenvalue weighted by Crippen LogP contribution is 2.08. The molecular weight excluding hydrogens is 737 g/mol. The van der Waals surface area contributed by atoms with Crippen molar-refractivity contribution in [2.75, 3.05) is 0 Å². The molecule has 7 heteroatoms. The predicted molar refractivity (Wildman–Crippen MR) is 267 cm³/mol. The third kappa shape index (κ3) is 64.7. The molecule has 0 fully saturated rings. The topological polar surface area (TPSA) is 82.0 Å². The van der Waals surface area contributed by atoms with E-state index in [4.69, 9.17) is 0 Å². The number of fused-ring (bicyclic) bond motifs is 2. The first-order valence-electron chi connectivity index (χ1n) is 21.8. The van der Waals surface area contributed by atoms with Crippen LogP contribution in [0, 0.1) is 29.6 Å². The van der Waals surface area contributed by atoms with Crippen LogP contribution in [0.25, 0.3) is 16.6 Å². The van der Waals surface area contributed by atoms with Crippen LogP contribution in [0.5, 0.6) is 0 Å². The molecule has 0 atom stereocenters. The highest BCUT2D eigenvalue weighted by molar-refractivity contribution is 5.77. The molecule has 0 spiro atoms. The number of furan rings is 1. The van der Waals surface area contributed by atoms with Gasteiger partial charge in [0.05, 0.1) is 18.0 Å². The molecule has 0 saturated heterocycles. The van der Waals surface area contributed by atoms with Gasteiger partial charge in [-0.25, -0.2) is 4.98 Å². The third-order valence-corrected chi connectivity index (χ3v) is 4.28. The van der Waals surface area contributed by atoms with Gasteiger partial charge in [0.1, 0.15) is 5.65 Å². The summed E-state index contributed by atoms with van der Waals surface area (Å²) in [5.74, 6) is 4.17. The summed E-state index contributed by atoms with van der Waals surface area (Å²) >= 11 is 0. The van der Waals surface area contributed by atoms with E-state index >= 15 is 0 Å². The molecule has 1 aromatic carbocycles. The number of hydrogen-bond acceptors (Lipinski definition) is 6. The van der Waals surface area contributed by atoms with E-state index in [2.05, 4.69) is 145 Å². The number of pyridine rings is 3. The van der Waals surface area contributed by atoms with E-state index < -0.39 is 0 Å². The van der Waals surface area contributed by atoms with Crippen LogP contribution in [0.15, 0.2) is 164 Å². The van der Waals surface area contributed by atoms with Gasteiger partial charge >= 0.3 is 0 Å². The molecule has 0 aliphatic rings. The van der Waals surface area contributed by atoms with Crippen LogP contribution in [0.3, 0.4) is 0 Å². The number of nitrogens with zero attached hydrogens (tertiary/aromatic N) is 6. The maximum absolute atomic E-state index is 4.58. The predicted octanol–water partition coefficient (Wildman–Crippen LogP) is 16.8. The van der Waals surface area contributed by atoms with Gasteiger partial charge in [0.25, 0.3) is 0 Å². The molecule has 0 aliphatic heterocycles. The maximum Gasteiger partial charge on any atom is 0.136 e. The summed E-state index contributed by atoms with van der Waals surface area (Å²) < 4.78 is 6.56. The Morgan fingerprint density at radius 3 is 1.10 bits per heavy atom. The fourth-order valence-corrected chi connectivity index (χ4v) is 2.67. The number of benzene rings is 1. The molecule has 6 aromatic heterocycles. The largest absolute Gasteiger partial charge is 0.473 e. The summed E-state index contributed by atoms with van der Waals surface area (Å²) in [6, 6.07) is 27.4. The second-order valence-electron chi connectivity index (χ2n) is 15.5. The summed E-state index contributed by atoms with van der Waals surface area (Å²) in [6.45, 7) is 40.5. The molecule has 0 bridgehead atoms. The minimum atomic E-state index is 0.833. The summed E-state index contributed by atoms with van der Waals surface area (Å²) in [7, 11) is 0. The zero-order valence-corrected chi connectivity index (χ0v) is 41.5. The van der Waals surface area contributed by atoms with Gasteiger partial charge in [0.15, 0.2) is 0 Å². The summed E-state index contributed by atoms with van der Waals surface area (Å²) in [6.07, 6.45) is 20.8. The van der Waals surface area contributed by atoms with Gasteiger partial charge in [0.2, 0.25) is 0 Å². The van der Waals surface area contributed by atoms with Gasteiger partial charge < -0.3 is 8.82 Å². The fourth-order valence-electron chi connectivity index (χ4n) is 2.67. The number of imidazole rings is 1. The van der Waals surface area contributed by atoms with E-state index in [1.807, 2.05) is 123 Å². The zero-order valence-electron chi connectivity index (χ0n) is 41.5. The van der Waals surface area contributed by atoms with Crippen LogP contribution in [0.1, 0.15) is 132 Å². The fraction of sp³-hybridized carbons (Fsp3) is 0.453. The van der Waals surface area contributed by atoms with Gasteiger partial charge in [-0.3, -0.25) is 19.9 Å². The number of aromatic nitrogens is 6. The van der Waals surface area contributed by atoms with Gasteiger partial charge in [-0.1, -0.05) is 168 Å². The average Bonchev–Trinajstić information content (AvgIpc) is 3.97. The van der Waals surface area contributed by atoms with Crippen LogP contribution < -0.4 is 0 Å². The van der Waals surface area contributed by atoms with Crippen molar-refractivity contribution < 1.29 is 4.42 Å². The van der Waals surface area contributed by atoms with Gasteiger partial charge in [-0.05, 0) is 78.1 Å². The van der Waals surface area contributed by atoms with E-state index in [-0.39, 0.29) is 0 Å². The Labute approximate surface area is 369 Å². The molecule has 6 heterocycles. The van der Waals surface area contributed by atoms with Gasteiger partial charge in [-0.2, -0.15) is 0 Å². The normalized spacial score (nSPS) is 8.67. The number of rotatable bonds is 0. The molecular formula is C53H88N6O. The van der Waals surface area contributed by atoms with Crippen molar-refractivity contribution in [1.29, 1.82) is 0 Å². The first-order chi connectivity index (χ1) is 28.6. The van der Waals surface area contributed by atoms with E-state index in [9.17, 15) is 0 Å². The zero-order chi connectivity index (χ0) is 46.8. The van der Waals surface area contributed by atoms with E-state index in [1.54, 1.807) is 55.9 Å². The van der Waals surface area contributed by atoms with Crippen molar-refractivity contribution in [2.45, 2.75) is 132 Å². The second kappa shape index (κ2) is 51.8. The first-order valence-corrected chi connectivity index (χ1v) is 21.8. The first kappa shape index (κ1) is 64.0. The van der Waals surface area contributed by atoms with E-state index in [0.29, 0.717) is 0 Å². The van der Waals surface area contributed by atoms with Crippen LogP contribution in [-0.2, 0) is 0 Å². The van der Waals surface area contributed by atoms with Crippen LogP contribution >= 0.6 is 0 Å². The highest BCUT2D eigenvalue weighted by Gasteiger charge is 1.87. The molecule has 60 heavy (non-hydrogen) atoms. The Morgan fingerprint density at radius 2 is 0.767 bits per heavy atom. The molecule has 0 amide bonds. The Morgan fingerprint density at radius 1 is 0.367 bits per heavy atom. The Balaban J connectivity index is -0.000000189. The van der Waals surface area contributed by atoms with Crippen LogP contribution in [0.4, 0.5) is 0 Å². The lowest BCUT2D eigenvalue weighted by atomic mass is 10.2. The Kier molecular flexibility index (Phi) is 55.3. The molecule has 0 radical (unpaired) electrons. The molecule has 336 valence electrons. The SMILES string of the molecule is CC.CC.CC(C)C.CC(C)C.CC(C)C.CC(C)C.CC(C)C.c1ccc2ncccc2c1.c1ccn2ccnc2c1.c1ccncc1.c1ccoc1.c1cnccn1. The molecule has 0 N–H and O–H groups in total. The van der Waals surface area contributed by atoms with Crippen molar-refractivity contribution in [3.8, 4) is 0 Å². The van der Waals surface area contributed by atoms with E-state index in [0.717, 1.165) is 40.8 Å². The monoisotopic (exact) mass is 825 g/mol. The summed E-state index contributed by atoms with van der Waals surface area (Å²) in [5.41, 5.74) is 2.06. The lowest BCUT2D eigenvalue weighted by Gasteiger charge is -1.91. The Bertz CT molecular complexity index is 1440. The van der Waals surface area contributed by atoms with Crippen molar-refractivity contribution in [1.82, 2.24) is 29.3 Å². The van der Waals surface area contributed by atoms with Crippen molar-refractivity contribution in [3.63, 3.8) is 0 Å². The quantitative estimate of drug-likeness (QED) is 0.151. The van der Waals surface area contributed by atoms with Crippen molar-refractivity contribution in [2.24, 2.45) is 29.6 Å². The smallest absolute Gasteiger partial charge is 0.136 e. The lowest BCUT2D eigenvalue weighted by molar-refractivity contribution is 0.567. The average molecular weight is 825 g/mol. The van der Waals surface area contributed by atoms with Crippen molar-refractivity contribution >= 4 is 16.6 Å². The summed E-state index contributed by atoms with van der Waals surface area (Å²) in [4.78, 5) is 19.5. The number of para-hydroxylation sites is 1. The maximum atomic E-state index is 4.58. The van der Waals surface area contributed by atoms with Gasteiger partial charge in [0, 0.05) is 67.4 Å². The standard InChI is InChI=1S/C9H7N.C7H6N2.C5H5N.C4H4N2.C4H4O.5C4H10.2C2H6/c1-2-6-9-8(4-1)5-3-7-10-9;1-2-5-9-6-4-8-7(9)3-1;1-2-4-6-5-3-1;1-2-6-4-3-5-1;1-2-4-5-3-1;5*1-4(2)3;2*1-2/h1-7H;1-6H;1-5H;1-4H;1-4H;5*4H,1-3H3;2*1-2H3. The van der Waals surface area contributed by atoms with Gasteiger partial charge in [-0.15, -0.1) is 0 Å². The minimum absolute atomic E-state index is 0.833. The third-order valence-electron chi connectivity index (χ3n) is 4.28. The van der Waals surface area contributed by atoms with Crippen LogP contribution in [-0.4, -0.2) is 29.3 Å². The lowest BCUT2D eigenvalue weighted by Crippen LogP contribution is -1.77. The molecule has 7 aromatic rings. The molecule has 0 unspecified atom stereocenters. The molecule has 0 saturated carbocycles. The number of hydrogen-bond donors (Lipinski definition) is 0.